The Morgan fingerprint density at radius 1 is 1.06 bits per heavy atom. The highest BCUT2D eigenvalue weighted by molar-refractivity contribution is 6.33. The molecule has 11 heteroatoms. The Morgan fingerprint density at radius 2 is 1.66 bits per heavy atom. The fraction of sp³-hybridized carbons (Fsp3) is 0.417. The van der Waals surface area contributed by atoms with Gasteiger partial charge in [0.05, 0.1) is 23.6 Å². The van der Waals surface area contributed by atoms with E-state index in [2.05, 4.69) is 16.7 Å². The predicted octanol–water partition coefficient (Wildman–Crippen LogP) is 4.91. The van der Waals surface area contributed by atoms with Crippen LogP contribution in [0.5, 0.6) is 5.75 Å². The SMILES string of the molecule is CC(Oc1ccc(CNc2c(Cl)ccc3c2CCNCC3)cc1)C(F)(F)F.O=C(O)CCC(=O)O. The van der Waals surface area contributed by atoms with Crippen LogP contribution in [0.4, 0.5) is 18.9 Å². The minimum Gasteiger partial charge on any atom is -0.481 e. The number of carboxylic acids is 2. The number of alkyl halides is 3. The molecule has 4 N–H and O–H groups in total. The Kier molecular flexibility index (Phi) is 10.7. The summed E-state index contributed by atoms with van der Waals surface area (Å²) in [5.74, 6) is -1.96. The molecule has 1 aliphatic rings. The van der Waals surface area contributed by atoms with Gasteiger partial charge in [-0.25, -0.2) is 0 Å². The first-order valence-corrected chi connectivity index (χ1v) is 11.4. The van der Waals surface area contributed by atoms with Gasteiger partial charge in [0.15, 0.2) is 6.10 Å². The van der Waals surface area contributed by atoms with E-state index in [1.54, 1.807) is 24.3 Å². The summed E-state index contributed by atoms with van der Waals surface area (Å²) in [6.07, 6.45) is -4.94. The summed E-state index contributed by atoms with van der Waals surface area (Å²) < 4.78 is 42.7. The van der Waals surface area contributed by atoms with Crippen molar-refractivity contribution in [2.45, 2.75) is 51.4 Å². The Hall–Kier alpha value is -2.98. The molecular formula is C24H28ClF3N2O5. The molecule has 3 rings (SSSR count). The lowest BCUT2D eigenvalue weighted by Crippen LogP contribution is -2.31. The number of hydrogen-bond acceptors (Lipinski definition) is 5. The normalized spacial score (nSPS) is 14.0. The molecule has 2 aromatic carbocycles. The summed E-state index contributed by atoms with van der Waals surface area (Å²) in [4.78, 5) is 19.3. The number of hydrogen-bond donors (Lipinski definition) is 4. The van der Waals surface area contributed by atoms with Crippen molar-refractivity contribution in [3.63, 3.8) is 0 Å². The number of ether oxygens (including phenoxy) is 1. The standard InChI is InChI=1S/C20H22ClF3N2O.C4H6O4/c1-13(20(22,23)24)27-16-5-2-14(3-6-16)12-26-19-17-9-11-25-10-8-15(17)4-7-18(19)21;5-3(6)1-2-4(7)8/h2-7,13,25-26H,8-12H2,1H3;1-2H2,(H,5,6)(H,7,8). The maximum absolute atomic E-state index is 12.6. The van der Waals surface area contributed by atoms with Gasteiger partial charge in [-0.05, 0) is 67.7 Å². The van der Waals surface area contributed by atoms with Gasteiger partial charge in [0.1, 0.15) is 5.75 Å². The van der Waals surface area contributed by atoms with Crippen LogP contribution in [0.1, 0.15) is 36.5 Å². The lowest BCUT2D eigenvalue weighted by atomic mass is 10.0. The largest absolute Gasteiger partial charge is 0.481 e. The summed E-state index contributed by atoms with van der Waals surface area (Å²) >= 11 is 6.40. The number of carbonyl (C=O) groups is 2. The molecule has 0 saturated heterocycles. The van der Waals surface area contributed by atoms with Gasteiger partial charge in [-0.1, -0.05) is 29.8 Å². The number of nitrogens with one attached hydrogen (secondary N) is 2. The van der Waals surface area contributed by atoms with Crippen LogP contribution in [-0.2, 0) is 29.0 Å². The minimum absolute atomic E-state index is 0.196. The molecule has 1 aliphatic heterocycles. The highest BCUT2D eigenvalue weighted by Crippen LogP contribution is 2.31. The van der Waals surface area contributed by atoms with E-state index in [0.717, 1.165) is 44.1 Å². The number of fused-ring (bicyclic) bond motifs is 1. The zero-order valence-corrected chi connectivity index (χ0v) is 19.9. The number of carboxylic acid groups (broad SMARTS) is 2. The summed E-state index contributed by atoms with van der Waals surface area (Å²) in [7, 11) is 0. The molecule has 1 unspecified atom stereocenters. The van der Waals surface area contributed by atoms with Crippen LogP contribution in [0.25, 0.3) is 0 Å². The second-order valence-electron chi connectivity index (χ2n) is 7.90. The van der Waals surface area contributed by atoms with E-state index in [1.807, 2.05) is 6.07 Å². The smallest absolute Gasteiger partial charge is 0.425 e. The molecule has 0 aliphatic carbocycles. The van der Waals surface area contributed by atoms with Crippen LogP contribution in [0.2, 0.25) is 5.02 Å². The van der Waals surface area contributed by atoms with Gasteiger partial charge < -0.3 is 25.6 Å². The molecular weight excluding hydrogens is 489 g/mol. The second-order valence-corrected chi connectivity index (χ2v) is 8.30. The van der Waals surface area contributed by atoms with E-state index < -0.39 is 24.2 Å². The summed E-state index contributed by atoms with van der Waals surface area (Å²) in [5.41, 5.74) is 4.38. The molecule has 2 aromatic rings. The van der Waals surface area contributed by atoms with Crippen molar-refractivity contribution in [2.24, 2.45) is 0 Å². The number of benzene rings is 2. The van der Waals surface area contributed by atoms with Crippen LogP contribution in [0.3, 0.4) is 0 Å². The second kappa shape index (κ2) is 13.2. The van der Waals surface area contributed by atoms with Gasteiger partial charge in [0, 0.05) is 6.54 Å². The average molecular weight is 517 g/mol. The lowest BCUT2D eigenvalue weighted by molar-refractivity contribution is -0.189. The average Bonchev–Trinajstić information content (AvgIpc) is 3.03. The monoisotopic (exact) mass is 516 g/mol. The van der Waals surface area contributed by atoms with Gasteiger partial charge in [0.25, 0.3) is 0 Å². The maximum Gasteiger partial charge on any atom is 0.425 e. The Balaban J connectivity index is 0.000000466. The van der Waals surface area contributed by atoms with E-state index in [-0.39, 0.29) is 18.6 Å². The molecule has 0 aromatic heterocycles. The number of aliphatic carboxylic acids is 2. The van der Waals surface area contributed by atoms with Crippen LogP contribution >= 0.6 is 11.6 Å². The van der Waals surface area contributed by atoms with Crippen molar-refractivity contribution in [1.29, 1.82) is 0 Å². The van der Waals surface area contributed by atoms with Crippen molar-refractivity contribution in [1.82, 2.24) is 5.32 Å². The summed E-state index contributed by atoms with van der Waals surface area (Å²) in [6, 6.07) is 10.6. The van der Waals surface area contributed by atoms with Gasteiger partial charge in [-0.15, -0.1) is 0 Å². The van der Waals surface area contributed by atoms with Crippen molar-refractivity contribution in [3.05, 3.63) is 58.1 Å². The summed E-state index contributed by atoms with van der Waals surface area (Å²) in [6.45, 7) is 3.38. The van der Waals surface area contributed by atoms with E-state index in [0.29, 0.717) is 11.6 Å². The number of rotatable bonds is 8. The molecule has 35 heavy (non-hydrogen) atoms. The van der Waals surface area contributed by atoms with Crippen molar-refractivity contribution in [2.75, 3.05) is 18.4 Å². The molecule has 0 spiro atoms. The molecule has 0 radical (unpaired) electrons. The molecule has 192 valence electrons. The Morgan fingerprint density at radius 3 is 2.23 bits per heavy atom. The molecule has 0 saturated carbocycles. The molecule has 0 amide bonds. The van der Waals surface area contributed by atoms with Crippen LogP contribution in [0, 0.1) is 0 Å². The number of anilines is 1. The molecule has 0 bridgehead atoms. The zero-order chi connectivity index (χ0) is 26.0. The van der Waals surface area contributed by atoms with Crippen LogP contribution in [0.15, 0.2) is 36.4 Å². The zero-order valence-electron chi connectivity index (χ0n) is 19.1. The summed E-state index contributed by atoms with van der Waals surface area (Å²) in [5, 5.41) is 23.2. The fourth-order valence-corrected chi connectivity index (χ4v) is 3.54. The molecule has 1 heterocycles. The van der Waals surface area contributed by atoms with E-state index in [1.165, 1.54) is 11.1 Å². The van der Waals surface area contributed by atoms with Gasteiger partial charge in [0.2, 0.25) is 0 Å². The Bertz CT molecular complexity index is 986. The first kappa shape index (κ1) is 28.3. The lowest BCUT2D eigenvalue weighted by Gasteiger charge is -2.18. The van der Waals surface area contributed by atoms with Crippen LogP contribution < -0.4 is 15.4 Å². The van der Waals surface area contributed by atoms with Crippen molar-refractivity contribution < 1.29 is 37.7 Å². The van der Waals surface area contributed by atoms with Gasteiger partial charge in [-0.3, -0.25) is 9.59 Å². The Labute approximate surface area is 206 Å². The topological polar surface area (TPSA) is 108 Å². The first-order valence-electron chi connectivity index (χ1n) is 11.0. The quantitative estimate of drug-likeness (QED) is 0.395. The van der Waals surface area contributed by atoms with Gasteiger partial charge in [-0.2, -0.15) is 13.2 Å². The number of halogens is 4. The predicted molar refractivity (Wildman–Crippen MR) is 126 cm³/mol. The van der Waals surface area contributed by atoms with E-state index >= 15 is 0 Å². The minimum atomic E-state index is -4.38. The van der Waals surface area contributed by atoms with Crippen molar-refractivity contribution in [3.8, 4) is 5.75 Å². The van der Waals surface area contributed by atoms with E-state index in [4.69, 9.17) is 26.6 Å². The maximum atomic E-state index is 12.6. The third-order valence-corrected chi connectivity index (χ3v) is 5.52. The molecule has 7 nitrogen and oxygen atoms in total. The van der Waals surface area contributed by atoms with E-state index in [9.17, 15) is 22.8 Å². The third-order valence-electron chi connectivity index (χ3n) is 5.20. The van der Waals surface area contributed by atoms with Gasteiger partial charge >= 0.3 is 18.1 Å². The highest BCUT2D eigenvalue weighted by Gasteiger charge is 2.38. The van der Waals surface area contributed by atoms with Crippen molar-refractivity contribution >= 4 is 29.2 Å². The first-order chi connectivity index (χ1) is 16.5. The highest BCUT2D eigenvalue weighted by atomic mass is 35.5. The van der Waals surface area contributed by atoms with Crippen LogP contribution in [-0.4, -0.2) is 47.5 Å². The fourth-order valence-electron chi connectivity index (χ4n) is 3.30. The third kappa shape index (κ3) is 9.65. The molecule has 0 fully saturated rings. The molecule has 1 atom stereocenters.